The highest BCUT2D eigenvalue weighted by atomic mass is 16.3. The zero-order chi connectivity index (χ0) is 10.1. The van der Waals surface area contributed by atoms with Crippen LogP contribution in [-0.4, -0.2) is 33.4 Å². The van der Waals surface area contributed by atoms with Gasteiger partial charge in [-0.1, -0.05) is 0 Å². The number of aliphatic hydroxyl groups excluding tert-OH is 1. The molecular weight excluding hydrogens is 182 g/mol. The molecule has 1 fully saturated rings. The van der Waals surface area contributed by atoms with Gasteiger partial charge in [0.1, 0.15) is 0 Å². The van der Waals surface area contributed by atoms with Gasteiger partial charge in [0, 0.05) is 18.8 Å². The van der Waals surface area contributed by atoms with Gasteiger partial charge in [0.25, 0.3) is 0 Å². The molecule has 5 nitrogen and oxygen atoms in total. The van der Waals surface area contributed by atoms with Crippen molar-refractivity contribution in [1.29, 1.82) is 0 Å². The molecule has 1 aromatic heterocycles. The Kier molecular flexibility index (Phi) is 2.25. The zero-order valence-corrected chi connectivity index (χ0v) is 8.05. The molecule has 1 atom stereocenters. The molecule has 1 amide bonds. The molecular formula is C9H13N3O2. The smallest absolute Gasteiger partial charge is 0.230 e. The third-order valence-electron chi connectivity index (χ3n) is 2.33. The second-order valence-electron chi connectivity index (χ2n) is 3.39. The molecule has 1 N–H and O–H groups in total. The maximum atomic E-state index is 11.4. The molecule has 14 heavy (non-hydrogen) atoms. The Morgan fingerprint density at radius 1 is 1.71 bits per heavy atom. The van der Waals surface area contributed by atoms with Crippen LogP contribution in [0.15, 0.2) is 12.3 Å². The van der Waals surface area contributed by atoms with Crippen LogP contribution in [0.2, 0.25) is 0 Å². The number of amides is 1. The molecule has 2 heterocycles. The third kappa shape index (κ3) is 1.50. The van der Waals surface area contributed by atoms with E-state index in [1.54, 1.807) is 10.7 Å². The van der Waals surface area contributed by atoms with E-state index >= 15 is 0 Å². The maximum absolute atomic E-state index is 11.4. The van der Waals surface area contributed by atoms with Crippen LogP contribution in [0.1, 0.15) is 13.3 Å². The summed E-state index contributed by atoms with van der Waals surface area (Å²) in [5.41, 5.74) is 0. The van der Waals surface area contributed by atoms with E-state index in [9.17, 15) is 9.90 Å². The number of hydrogen-bond acceptors (Lipinski definition) is 3. The Bertz CT molecular complexity index is 348. The second kappa shape index (κ2) is 3.42. The Balaban J connectivity index is 2.18. The first-order valence-electron chi connectivity index (χ1n) is 4.72. The summed E-state index contributed by atoms with van der Waals surface area (Å²) in [6.45, 7) is 3.13. The van der Waals surface area contributed by atoms with Crippen molar-refractivity contribution >= 4 is 11.7 Å². The van der Waals surface area contributed by atoms with Gasteiger partial charge >= 0.3 is 0 Å². The quantitative estimate of drug-likeness (QED) is 0.722. The first-order chi connectivity index (χ1) is 6.70. The van der Waals surface area contributed by atoms with Gasteiger partial charge in [-0.15, -0.1) is 0 Å². The standard InChI is InChI=1S/C9H13N3O2/c1-2-11-4-3-8(10-11)12-6-7(13)5-9(12)14/h3-4,7,13H,2,5-6H2,1H3. The second-order valence-corrected chi connectivity index (χ2v) is 3.39. The Morgan fingerprint density at radius 3 is 3.00 bits per heavy atom. The monoisotopic (exact) mass is 195 g/mol. The van der Waals surface area contributed by atoms with E-state index in [0.717, 1.165) is 6.54 Å². The fraction of sp³-hybridized carbons (Fsp3) is 0.556. The predicted octanol–water partition coefficient (Wildman–Crippen LogP) is 0.000600. The summed E-state index contributed by atoms with van der Waals surface area (Å²) < 4.78 is 1.76. The summed E-state index contributed by atoms with van der Waals surface area (Å²) in [6, 6.07) is 1.79. The Hall–Kier alpha value is -1.36. The minimum atomic E-state index is -0.547. The molecule has 1 unspecified atom stereocenters. The van der Waals surface area contributed by atoms with Crippen LogP contribution in [0.5, 0.6) is 0 Å². The van der Waals surface area contributed by atoms with Crippen LogP contribution < -0.4 is 4.90 Å². The van der Waals surface area contributed by atoms with Crippen LogP contribution >= 0.6 is 0 Å². The van der Waals surface area contributed by atoms with Crippen molar-refractivity contribution in [2.75, 3.05) is 11.4 Å². The number of carbonyl (C=O) groups is 1. The van der Waals surface area contributed by atoms with E-state index in [4.69, 9.17) is 0 Å². The van der Waals surface area contributed by atoms with Crippen molar-refractivity contribution in [2.24, 2.45) is 0 Å². The molecule has 76 valence electrons. The van der Waals surface area contributed by atoms with E-state index < -0.39 is 6.10 Å². The summed E-state index contributed by atoms with van der Waals surface area (Å²) >= 11 is 0. The molecule has 2 rings (SSSR count). The highest BCUT2D eigenvalue weighted by Gasteiger charge is 2.30. The lowest BCUT2D eigenvalue weighted by molar-refractivity contribution is -0.117. The molecule has 0 radical (unpaired) electrons. The van der Waals surface area contributed by atoms with Crippen molar-refractivity contribution in [3.63, 3.8) is 0 Å². The SMILES string of the molecule is CCn1ccc(N2CC(O)CC2=O)n1. The number of aryl methyl sites for hydroxylation is 1. The molecule has 1 aliphatic heterocycles. The topological polar surface area (TPSA) is 58.4 Å². The van der Waals surface area contributed by atoms with Crippen molar-refractivity contribution in [2.45, 2.75) is 26.0 Å². The molecule has 1 saturated heterocycles. The van der Waals surface area contributed by atoms with Gasteiger partial charge in [-0.25, -0.2) is 0 Å². The predicted molar refractivity (Wildman–Crippen MR) is 50.9 cm³/mol. The summed E-state index contributed by atoms with van der Waals surface area (Å²) in [5.74, 6) is 0.576. The first-order valence-corrected chi connectivity index (χ1v) is 4.72. The number of carbonyl (C=O) groups excluding carboxylic acids is 1. The van der Waals surface area contributed by atoms with Gasteiger partial charge in [0.05, 0.1) is 19.1 Å². The van der Waals surface area contributed by atoms with Crippen LogP contribution in [0.4, 0.5) is 5.82 Å². The minimum absolute atomic E-state index is 0.0566. The van der Waals surface area contributed by atoms with E-state index in [1.807, 2.05) is 13.1 Å². The van der Waals surface area contributed by atoms with Crippen molar-refractivity contribution in [3.8, 4) is 0 Å². The van der Waals surface area contributed by atoms with Crippen LogP contribution in [0, 0.1) is 0 Å². The van der Waals surface area contributed by atoms with Gasteiger partial charge in [0.15, 0.2) is 5.82 Å². The van der Waals surface area contributed by atoms with Crippen molar-refractivity contribution in [3.05, 3.63) is 12.3 Å². The molecule has 1 aromatic rings. The number of β-amino-alcohol motifs (C(OH)–C–C–N with tert-alkyl or cyclic N) is 1. The molecule has 5 heteroatoms. The van der Waals surface area contributed by atoms with Gasteiger partial charge in [-0.2, -0.15) is 5.10 Å². The zero-order valence-electron chi connectivity index (χ0n) is 8.05. The largest absolute Gasteiger partial charge is 0.391 e. The molecule has 0 aliphatic carbocycles. The van der Waals surface area contributed by atoms with Crippen molar-refractivity contribution in [1.82, 2.24) is 9.78 Å². The lowest BCUT2D eigenvalue weighted by Gasteiger charge is -2.11. The Labute approximate surface area is 81.9 Å². The summed E-state index contributed by atoms with van der Waals surface area (Å²) in [6.07, 6.45) is 1.49. The van der Waals surface area contributed by atoms with Crippen LogP contribution in [0.3, 0.4) is 0 Å². The fourth-order valence-corrected chi connectivity index (χ4v) is 1.58. The normalized spacial score (nSPS) is 22.0. The fourth-order valence-electron chi connectivity index (χ4n) is 1.58. The van der Waals surface area contributed by atoms with E-state index in [-0.39, 0.29) is 12.3 Å². The highest BCUT2D eigenvalue weighted by Crippen LogP contribution is 2.18. The molecule has 0 aromatic carbocycles. The van der Waals surface area contributed by atoms with E-state index in [1.165, 1.54) is 4.90 Å². The average Bonchev–Trinajstić information content (AvgIpc) is 2.71. The first kappa shape index (κ1) is 9.21. The maximum Gasteiger partial charge on any atom is 0.230 e. The molecule has 0 saturated carbocycles. The van der Waals surface area contributed by atoms with E-state index in [2.05, 4.69) is 5.10 Å². The Morgan fingerprint density at radius 2 is 2.50 bits per heavy atom. The number of hydrogen-bond donors (Lipinski definition) is 1. The number of anilines is 1. The van der Waals surface area contributed by atoms with Crippen LogP contribution in [-0.2, 0) is 11.3 Å². The van der Waals surface area contributed by atoms with Gasteiger partial charge in [-0.05, 0) is 6.92 Å². The summed E-state index contributed by atoms with van der Waals surface area (Å²) in [4.78, 5) is 12.9. The highest BCUT2D eigenvalue weighted by molar-refractivity contribution is 5.95. The number of aromatic nitrogens is 2. The lowest BCUT2D eigenvalue weighted by Crippen LogP contribution is -2.25. The van der Waals surface area contributed by atoms with Crippen molar-refractivity contribution < 1.29 is 9.90 Å². The third-order valence-corrected chi connectivity index (χ3v) is 2.33. The molecule has 1 aliphatic rings. The lowest BCUT2D eigenvalue weighted by atomic mass is 10.3. The van der Waals surface area contributed by atoms with E-state index in [0.29, 0.717) is 12.4 Å². The minimum Gasteiger partial charge on any atom is -0.391 e. The average molecular weight is 195 g/mol. The molecule has 0 spiro atoms. The number of nitrogens with zero attached hydrogens (tertiary/aromatic N) is 3. The summed E-state index contributed by atoms with van der Waals surface area (Å²) in [5, 5.41) is 13.5. The summed E-state index contributed by atoms with van der Waals surface area (Å²) in [7, 11) is 0. The molecule has 0 bridgehead atoms. The van der Waals surface area contributed by atoms with Gasteiger partial charge in [-0.3, -0.25) is 14.4 Å². The van der Waals surface area contributed by atoms with Gasteiger partial charge in [0.2, 0.25) is 5.91 Å². The van der Waals surface area contributed by atoms with Crippen LogP contribution in [0.25, 0.3) is 0 Å². The van der Waals surface area contributed by atoms with Gasteiger partial charge < -0.3 is 5.11 Å². The number of rotatable bonds is 2. The number of aliphatic hydroxyl groups is 1.